The van der Waals surface area contributed by atoms with Crippen LogP contribution in [0.4, 0.5) is 0 Å². The summed E-state index contributed by atoms with van der Waals surface area (Å²) in [6.07, 6.45) is -0.415. The Hall–Kier alpha value is -0.550. The number of thioether (sulfide) groups is 1. The molecule has 0 heterocycles. The largest absolute Gasteiger partial charge is 0.390 e. The molecule has 3 N–H and O–H groups in total. The number of rotatable bonds is 6. The van der Waals surface area contributed by atoms with E-state index in [1.54, 1.807) is 18.9 Å². The first-order chi connectivity index (χ1) is 7.26. The topological polar surface area (TPSA) is 55.5 Å². The molecule has 0 bridgehead atoms. The van der Waals surface area contributed by atoms with E-state index in [2.05, 4.69) is 0 Å². The Morgan fingerprint density at radius 2 is 2.33 bits per heavy atom. The molecule has 0 saturated heterocycles. The van der Waals surface area contributed by atoms with Crippen molar-refractivity contribution in [3.05, 3.63) is 29.8 Å². The van der Waals surface area contributed by atoms with Crippen molar-refractivity contribution in [2.75, 3.05) is 19.5 Å². The minimum atomic E-state index is -0.415. The van der Waals surface area contributed by atoms with Crippen molar-refractivity contribution in [1.29, 1.82) is 0 Å². The monoisotopic (exact) mass is 227 g/mol. The number of nitrogens with two attached hydrogens (primary N) is 1. The maximum atomic E-state index is 9.47. The molecule has 0 aliphatic rings. The standard InChI is InChI=1S/C11H17NO2S/c1-14-7-10(13)8-15-11-4-2-3-9(5-11)6-12/h2-5,10,13H,6-8,12H2,1H3. The van der Waals surface area contributed by atoms with Crippen molar-refractivity contribution in [2.24, 2.45) is 5.73 Å². The summed E-state index contributed by atoms with van der Waals surface area (Å²) in [6.45, 7) is 0.929. The average molecular weight is 227 g/mol. The van der Waals surface area contributed by atoms with Gasteiger partial charge in [-0.05, 0) is 17.7 Å². The van der Waals surface area contributed by atoms with Crippen LogP contribution in [0.5, 0.6) is 0 Å². The Bertz CT molecular complexity index is 294. The molecule has 1 atom stereocenters. The van der Waals surface area contributed by atoms with E-state index in [0.717, 1.165) is 10.5 Å². The van der Waals surface area contributed by atoms with E-state index < -0.39 is 6.10 Å². The van der Waals surface area contributed by atoms with Crippen LogP contribution in [0, 0.1) is 0 Å². The van der Waals surface area contributed by atoms with E-state index >= 15 is 0 Å². The fourth-order valence-electron chi connectivity index (χ4n) is 1.20. The summed E-state index contributed by atoms with van der Waals surface area (Å²) in [7, 11) is 1.59. The second-order valence-electron chi connectivity index (χ2n) is 3.27. The third-order valence-electron chi connectivity index (χ3n) is 1.94. The summed E-state index contributed by atoms with van der Waals surface area (Å²) < 4.78 is 4.85. The molecule has 1 rings (SSSR count). The molecular formula is C11H17NO2S. The lowest BCUT2D eigenvalue weighted by atomic mass is 10.2. The van der Waals surface area contributed by atoms with E-state index in [1.165, 1.54) is 0 Å². The van der Waals surface area contributed by atoms with Crippen LogP contribution in [0.3, 0.4) is 0 Å². The molecule has 4 heteroatoms. The summed E-state index contributed by atoms with van der Waals surface area (Å²) >= 11 is 1.61. The summed E-state index contributed by atoms with van der Waals surface area (Å²) in [6, 6.07) is 8.04. The number of hydrogen-bond acceptors (Lipinski definition) is 4. The van der Waals surface area contributed by atoms with Crippen molar-refractivity contribution in [1.82, 2.24) is 0 Å². The quantitative estimate of drug-likeness (QED) is 0.718. The SMILES string of the molecule is COCC(O)CSc1cccc(CN)c1. The highest BCUT2D eigenvalue weighted by molar-refractivity contribution is 7.99. The van der Waals surface area contributed by atoms with Gasteiger partial charge in [0.2, 0.25) is 0 Å². The van der Waals surface area contributed by atoms with Crippen molar-refractivity contribution in [3.63, 3.8) is 0 Å². The summed E-state index contributed by atoms with van der Waals surface area (Å²) in [5.41, 5.74) is 6.66. The van der Waals surface area contributed by atoms with E-state index in [1.807, 2.05) is 24.3 Å². The molecule has 3 nitrogen and oxygen atoms in total. The number of methoxy groups -OCH3 is 1. The van der Waals surface area contributed by atoms with Crippen LogP contribution in [0.25, 0.3) is 0 Å². The number of aliphatic hydroxyl groups excluding tert-OH is 1. The minimum Gasteiger partial charge on any atom is -0.390 e. The molecule has 0 spiro atoms. The Morgan fingerprint density at radius 3 is 3.00 bits per heavy atom. The fourth-order valence-corrected chi connectivity index (χ4v) is 2.09. The van der Waals surface area contributed by atoms with Crippen molar-refractivity contribution in [2.45, 2.75) is 17.5 Å². The van der Waals surface area contributed by atoms with Crippen LogP contribution >= 0.6 is 11.8 Å². The smallest absolute Gasteiger partial charge is 0.0867 e. The zero-order valence-corrected chi connectivity index (χ0v) is 9.67. The van der Waals surface area contributed by atoms with Crippen molar-refractivity contribution in [3.8, 4) is 0 Å². The van der Waals surface area contributed by atoms with Gasteiger partial charge >= 0.3 is 0 Å². The van der Waals surface area contributed by atoms with Gasteiger partial charge in [-0.25, -0.2) is 0 Å². The highest BCUT2D eigenvalue weighted by atomic mass is 32.2. The summed E-state index contributed by atoms with van der Waals surface area (Å²) in [5.74, 6) is 0.641. The third-order valence-corrected chi connectivity index (χ3v) is 3.07. The highest BCUT2D eigenvalue weighted by Gasteiger charge is 2.04. The van der Waals surface area contributed by atoms with Gasteiger partial charge in [-0.1, -0.05) is 12.1 Å². The Labute approximate surface area is 94.6 Å². The van der Waals surface area contributed by atoms with Crippen LogP contribution in [0.15, 0.2) is 29.2 Å². The van der Waals surface area contributed by atoms with Gasteiger partial charge < -0.3 is 15.6 Å². The third kappa shape index (κ3) is 4.66. The molecule has 0 amide bonds. The second-order valence-corrected chi connectivity index (χ2v) is 4.37. The average Bonchev–Trinajstić information content (AvgIpc) is 2.27. The molecule has 15 heavy (non-hydrogen) atoms. The molecule has 0 fully saturated rings. The van der Waals surface area contributed by atoms with E-state index in [-0.39, 0.29) is 0 Å². The predicted molar refractivity (Wildman–Crippen MR) is 62.9 cm³/mol. The molecule has 1 aromatic rings. The van der Waals surface area contributed by atoms with Crippen molar-refractivity contribution < 1.29 is 9.84 Å². The predicted octanol–water partition coefficient (Wildman–Crippen LogP) is 1.24. The van der Waals surface area contributed by atoms with Crippen LogP contribution in [-0.2, 0) is 11.3 Å². The first-order valence-corrected chi connectivity index (χ1v) is 5.83. The normalized spacial score (nSPS) is 12.7. The van der Waals surface area contributed by atoms with Gasteiger partial charge in [0.15, 0.2) is 0 Å². The van der Waals surface area contributed by atoms with Gasteiger partial charge in [0, 0.05) is 24.3 Å². The molecule has 1 aromatic carbocycles. The molecule has 0 aromatic heterocycles. The van der Waals surface area contributed by atoms with E-state index in [4.69, 9.17) is 10.5 Å². The lowest BCUT2D eigenvalue weighted by Crippen LogP contribution is -2.16. The first-order valence-electron chi connectivity index (χ1n) is 4.85. The molecule has 0 aliphatic heterocycles. The van der Waals surface area contributed by atoms with Gasteiger partial charge in [0.1, 0.15) is 0 Å². The summed E-state index contributed by atoms with van der Waals surface area (Å²) in [5, 5.41) is 9.47. The second kappa shape index (κ2) is 6.85. The van der Waals surface area contributed by atoms with Gasteiger partial charge in [-0.15, -0.1) is 11.8 Å². The summed E-state index contributed by atoms with van der Waals surface area (Å²) in [4.78, 5) is 1.13. The highest BCUT2D eigenvalue weighted by Crippen LogP contribution is 2.19. The first kappa shape index (κ1) is 12.5. The van der Waals surface area contributed by atoms with Gasteiger partial charge in [-0.3, -0.25) is 0 Å². The van der Waals surface area contributed by atoms with E-state index in [0.29, 0.717) is 18.9 Å². The molecule has 1 unspecified atom stereocenters. The molecule has 0 saturated carbocycles. The molecular weight excluding hydrogens is 210 g/mol. The maximum absolute atomic E-state index is 9.47. The van der Waals surface area contributed by atoms with Gasteiger partial charge in [0.05, 0.1) is 12.7 Å². The number of benzene rings is 1. The van der Waals surface area contributed by atoms with Crippen LogP contribution in [0.1, 0.15) is 5.56 Å². The number of aliphatic hydroxyl groups is 1. The lowest BCUT2D eigenvalue weighted by molar-refractivity contribution is 0.0794. The van der Waals surface area contributed by atoms with Gasteiger partial charge in [0.25, 0.3) is 0 Å². The zero-order chi connectivity index (χ0) is 11.1. The van der Waals surface area contributed by atoms with Crippen LogP contribution in [-0.4, -0.2) is 30.7 Å². The van der Waals surface area contributed by atoms with Crippen LogP contribution < -0.4 is 5.73 Å². The lowest BCUT2D eigenvalue weighted by Gasteiger charge is -2.09. The molecule has 0 aliphatic carbocycles. The molecule has 0 radical (unpaired) electrons. The van der Waals surface area contributed by atoms with Gasteiger partial charge in [-0.2, -0.15) is 0 Å². The minimum absolute atomic E-state index is 0.379. The Morgan fingerprint density at radius 1 is 1.53 bits per heavy atom. The van der Waals surface area contributed by atoms with E-state index in [9.17, 15) is 5.11 Å². The Kier molecular flexibility index (Phi) is 5.71. The fraction of sp³-hybridized carbons (Fsp3) is 0.455. The zero-order valence-electron chi connectivity index (χ0n) is 8.85. The number of hydrogen-bond donors (Lipinski definition) is 2. The van der Waals surface area contributed by atoms with Crippen LogP contribution in [0.2, 0.25) is 0 Å². The van der Waals surface area contributed by atoms with Crippen molar-refractivity contribution >= 4 is 11.8 Å². The number of ether oxygens (including phenoxy) is 1. The maximum Gasteiger partial charge on any atom is 0.0867 e. The molecule has 84 valence electrons. The Balaban J connectivity index is 2.43.